The van der Waals surface area contributed by atoms with Crippen LogP contribution in [0.3, 0.4) is 0 Å². The Hall–Kier alpha value is -4.85. The van der Waals surface area contributed by atoms with Gasteiger partial charge in [0.1, 0.15) is 30.7 Å². The van der Waals surface area contributed by atoms with E-state index in [0.717, 1.165) is 39.0 Å². The summed E-state index contributed by atoms with van der Waals surface area (Å²) in [6.45, 7) is 10.3. The van der Waals surface area contributed by atoms with E-state index in [1.807, 2.05) is 0 Å². The van der Waals surface area contributed by atoms with Crippen LogP contribution in [0.25, 0.3) is 0 Å². The molecule has 4 N–H and O–H groups in total. The molecule has 0 spiro atoms. The molecule has 2 saturated heterocycles. The van der Waals surface area contributed by atoms with Crippen molar-refractivity contribution in [1.29, 1.82) is 0 Å². The molecule has 0 radical (unpaired) electrons. The summed E-state index contributed by atoms with van der Waals surface area (Å²) in [5, 5.41) is 41.1. The zero-order valence-electron chi connectivity index (χ0n) is 47.5. The molecule has 2 bridgehead atoms. The Morgan fingerprint density at radius 2 is 1.46 bits per heavy atom. The van der Waals surface area contributed by atoms with E-state index in [9.17, 15) is 29.7 Å². The normalized spacial score (nSPS) is 30.7. The van der Waals surface area contributed by atoms with E-state index in [1.54, 1.807) is 81.4 Å². The third-order valence-electron chi connectivity index (χ3n) is 17.4. The van der Waals surface area contributed by atoms with Crippen LogP contribution in [0.5, 0.6) is 0 Å². The van der Waals surface area contributed by atoms with Crippen LogP contribution < -0.4 is 5.32 Å². The predicted octanol–water partition coefficient (Wildman–Crippen LogP) is 8.65. The fourth-order valence-electron chi connectivity index (χ4n) is 12.9. The number of benzene rings is 2. The molecule has 2 aromatic rings. The number of hydrogen-bond acceptors (Lipinski definition) is 16. The second-order valence-electron chi connectivity index (χ2n) is 23.1. The highest BCUT2D eigenvalue weighted by Gasteiger charge is 2.77. The quantitative estimate of drug-likeness (QED) is 0.0205. The molecule has 1 amide bonds. The van der Waals surface area contributed by atoms with Crippen molar-refractivity contribution in [3.05, 3.63) is 95.1 Å². The number of aliphatic hydroxyl groups is 3. The van der Waals surface area contributed by atoms with E-state index in [4.69, 9.17) is 37.9 Å². The second kappa shape index (κ2) is 27.7. The fraction of sp³-hybridized carbons (Fsp3) is 0.661. The zero-order valence-corrected chi connectivity index (χ0v) is 47.5. The number of unbranched alkanes of at least 4 members (excludes halogenated alkanes) is 11. The first-order chi connectivity index (χ1) is 37.8. The number of carbonyl (C=O) groups is 5. The zero-order chi connectivity index (χ0) is 57.0. The molecule has 2 aromatic carbocycles. The molecule has 2 aliphatic heterocycles. The second-order valence-corrected chi connectivity index (χ2v) is 23.1. The van der Waals surface area contributed by atoms with E-state index < -0.39 is 120 Å². The lowest BCUT2D eigenvalue weighted by Gasteiger charge is -2.67. The molecule has 1 unspecified atom stereocenters. The van der Waals surface area contributed by atoms with Crippen molar-refractivity contribution in [2.45, 2.75) is 217 Å². The van der Waals surface area contributed by atoms with Gasteiger partial charge in [-0.05, 0) is 81.2 Å². The number of amides is 1. The maximum atomic E-state index is 15.4. The van der Waals surface area contributed by atoms with Crippen LogP contribution in [0.15, 0.2) is 84.0 Å². The largest absolute Gasteiger partial charge is 0.456 e. The van der Waals surface area contributed by atoms with Crippen molar-refractivity contribution >= 4 is 29.6 Å². The topological polar surface area (TPSA) is 232 Å². The van der Waals surface area contributed by atoms with Crippen molar-refractivity contribution in [3.63, 3.8) is 0 Å². The lowest BCUT2D eigenvalue weighted by atomic mass is 9.44. The summed E-state index contributed by atoms with van der Waals surface area (Å²) in [4.78, 5) is 70.4. The van der Waals surface area contributed by atoms with Crippen molar-refractivity contribution in [2.75, 3.05) is 26.6 Å². The molecule has 436 valence electrons. The van der Waals surface area contributed by atoms with Crippen LogP contribution in [-0.4, -0.2) is 132 Å². The molecule has 3 aliphatic carbocycles. The van der Waals surface area contributed by atoms with Crippen molar-refractivity contribution in [1.82, 2.24) is 5.32 Å². The van der Waals surface area contributed by atoms with Gasteiger partial charge in [-0.25, -0.2) is 4.79 Å². The van der Waals surface area contributed by atoms with Gasteiger partial charge in [0.15, 0.2) is 29.9 Å². The maximum absolute atomic E-state index is 15.4. The molecular formula is C62H87NO16. The Kier molecular flexibility index (Phi) is 21.7. The van der Waals surface area contributed by atoms with Gasteiger partial charge in [0, 0.05) is 43.6 Å². The van der Waals surface area contributed by atoms with Crippen LogP contribution in [0, 0.1) is 16.7 Å². The number of ketones is 1. The summed E-state index contributed by atoms with van der Waals surface area (Å²) < 4.78 is 48.6. The summed E-state index contributed by atoms with van der Waals surface area (Å²) in [7, 11) is 0. The number of rotatable bonds is 28. The van der Waals surface area contributed by atoms with E-state index >= 15 is 9.59 Å². The maximum Gasteiger partial charge on any atom is 0.338 e. The minimum atomic E-state index is -2.34. The Bertz CT molecular complexity index is 2430. The Morgan fingerprint density at radius 3 is 2.08 bits per heavy atom. The van der Waals surface area contributed by atoms with Gasteiger partial charge in [0.25, 0.3) is 5.91 Å². The first-order valence-corrected chi connectivity index (χ1v) is 28.8. The molecule has 5 aliphatic rings. The molecule has 17 nitrogen and oxygen atoms in total. The first kappa shape index (κ1) is 61.8. The highest BCUT2D eigenvalue weighted by molar-refractivity contribution is 5.96. The van der Waals surface area contributed by atoms with Crippen molar-refractivity contribution in [2.24, 2.45) is 16.7 Å². The van der Waals surface area contributed by atoms with E-state index in [0.29, 0.717) is 17.7 Å². The van der Waals surface area contributed by atoms with Crippen LogP contribution in [0.2, 0.25) is 0 Å². The van der Waals surface area contributed by atoms with Gasteiger partial charge in [0.2, 0.25) is 0 Å². The summed E-state index contributed by atoms with van der Waals surface area (Å²) in [5.41, 5.74) is -6.56. The average molecular weight is 1100 g/mol. The highest BCUT2D eigenvalue weighted by atomic mass is 16.7. The lowest BCUT2D eigenvalue weighted by Crippen LogP contribution is -2.81. The SMILES string of the molecule is CCCCCCCC/C=C\CCCCCCC[C@@H]1OC[C@H](COCO[C@@H](C(=O)O[C@H]2C[C@@]3(O)[C@@H](O)C4[C@](C)(C(=O)[C@H](OC(C)=O)C(=C2C)C3(C)C)[C@@H](O)C[C@H]2OC[C@@]42OC(C)=O)[C@@H](NC(=O)c2ccccc2)c2ccccc2)O1. The van der Waals surface area contributed by atoms with Crippen LogP contribution >= 0.6 is 0 Å². The van der Waals surface area contributed by atoms with Gasteiger partial charge >= 0.3 is 17.9 Å². The van der Waals surface area contributed by atoms with Gasteiger partial charge in [-0.15, -0.1) is 0 Å². The van der Waals surface area contributed by atoms with Gasteiger partial charge in [-0.2, -0.15) is 0 Å². The van der Waals surface area contributed by atoms with Crippen molar-refractivity contribution in [3.8, 4) is 0 Å². The standard InChI is InChI=1S/C62H87NO16/c1-8-9-10-11-12-13-14-15-16-17-18-19-20-21-28-33-49-73-37-45(77-49)36-72-39-75-53(51(43-29-24-22-25-30-43)63-57(69)44-31-26-23-27-32-44)58(70)78-46-35-62(71)56(68)54-60(7,47(66)34-48-61(54,38-74-48)79-42(4)65)55(67)52(76-41(3)64)50(40(46)2)59(62,5)6/h15-16,22-27,29-32,45-49,51-54,56,66,68,71H,8-14,17-21,28,33-39H2,1-7H3,(H,63,69)/b16-15-/t45-,46-,47-,48+,49+,51-,52+,53+,54?,56-,60+,61-,62+/m0/s1. The third-order valence-corrected chi connectivity index (χ3v) is 17.4. The fourth-order valence-corrected chi connectivity index (χ4v) is 12.9. The summed E-state index contributed by atoms with van der Waals surface area (Å²) in [6.07, 6.45) is 10.5. The minimum Gasteiger partial charge on any atom is -0.456 e. The Balaban J connectivity index is 1.07. The Labute approximate surface area is 466 Å². The average Bonchev–Trinajstić information content (AvgIpc) is 3.85. The van der Waals surface area contributed by atoms with E-state index in [2.05, 4.69) is 24.4 Å². The number of fused-ring (bicyclic) bond motifs is 5. The summed E-state index contributed by atoms with van der Waals surface area (Å²) >= 11 is 0. The van der Waals surface area contributed by atoms with Gasteiger partial charge < -0.3 is 58.5 Å². The molecule has 2 saturated carbocycles. The lowest BCUT2D eigenvalue weighted by molar-refractivity contribution is -0.346. The summed E-state index contributed by atoms with van der Waals surface area (Å²) in [6, 6.07) is 15.9. The molecule has 7 rings (SSSR count). The number of allylic oxidation sites excluding steroid dienone is 2. The van der Waals surface area contributed by atoms with Crippen LogP contribution in [0.4, 0.5) is 0 Å². The number of esters is 3. The summed E-state index contributed by atoms with van der Waals surface area (Å²) in [5.74, 6) is -5.48. The third kappa shape index (κ3) is 13.9. The van der Waals surface area contributed by atoms with E-state index in [-0.39, 0.29) is 37.1 Å². The van der Waals surface area contributed by atoms with Crippen LogP contribution in [-0.2, 0) is 57.1 Å². The van der Waals surface area contributed by atoms with Gasteiger partial charge in [-0.1, -0.05) is 133 Å². The van der Waals surface area contributed by atoms with Crippen LogP contribution in [0.1, 0.15) is 173 Å². The number of hydrogen-bond donors (Lipinski definition) is 4. The smallest absolute Gasteiger partial charge is 0.338 e. The molecule has 17 heteroatoms. The first-order valence-electron chi connectivity index (χ1n) is 28.8. The van der Waals surface area contributed by atoms with Gasteiger partial charge in [0.05, 0.1) is 43.5 Å². The molecule has 4 fully saturated rings. The van der Waals surface area contributed by atoms with E-state index in [1.165, 1.54) is 71.6 Å². The van der Waals surface area contributed by atoms with Crippen molar-refractivity contribution < 1.29 is 77.2 Å². The number of carbonyl (C=O) groups excluding carboxylic acids is 5. The predicted molar refractivity (Wildman–Crippen MR) is 292 cm³/mol. The monoisotopic (exact) mass is 1100 g/mol. The minimum absolute atomic E-state index is 0.0471. The number of nitrogens with one attached hydrogen (secondary N) is 1. The molecular weight excluding hydrogens is 1010 g/mol. The molecule has 0 aromatic heterocycles. The number of ether oxygens (including phenoxy) is 8. The highest BCUT2D eigenvalue weighted by Crippen LogP contribution is 2.63. The number of Topliss-reactive ketones (excluding diaryl/α,β-unsaturated/α-hetero) is 1. The molecule has 79 heavy (non-hydrogen) atoms. The van der Waals surface area contributed by atoms with Gasteiger partial charge in [-0.3, -0.25) is 19.2 Å². The molecule has 2 heterocycles. The Morgan fingerprint density at radius 1 is 0.823 bits per heavy atom. The molecule has 13 atom stereocenters. The number of aliphatic hydroxyl groups excluding tert-OH is 2.